The van der Waals surface area contributed by atoms with Gasteiger partial charge in [-0.25, -0.2) is 0 Å². The summed E-state index contributed by atoms with van der Waals surface area (Å²) in [7, 11) is 1.48. The van der Waals surface area contributed by atoms with Crippen LogP contribution in [0, 0.1) is 18.3 Å². The summed E-state index contributed by atoms with van der Waals surface area (Å²) in [6, 6.07) is 10.7. The van der Waals surface area contributed by atoms with Crippen molar-refractivity contribution in [3.8, 4) is 23.8 Å². The summed E-state index contributed by atoms with van der Waals surface area (Å²) in [5.74, 6) is 0.961. The lowest BCUT2D eigenvalue weighted by atomic mass is 9.75. The minimum absolute atomic E-state index is 0.0131. The zero-order valence-corrected chi connectivity index (χ0v) is 19.2. The molecule has 0 bridgehead atoms. The number of terminal acetylenes is 1. The van der Waals surface area contributed by atoms with Crippen molar-refractivity contribution in [3.63, 3.8) is 0 Å². The van der Waals surface area contributed by atoms with E-state index < -0.39 is 17.8 Å². The lowest BCUT2D eigenvalue weighted by Gasteiger charge is -2.31. The lowest BCUT2D eigenvalue weighted by Crippen LogP contribution is -2.35. The average Bonchev–Trinajstić information content (AvgIpc) is 3.08. The van der Waals surface area contributed by atoms with E-state index in [1.165, 1.54) is 7.11 Å². The molecule has 2 aromatic rings. The van der Waals surface area contributed by atoms with Crippen molar-refractivity contribution in [3.05, 3.63) is 63.7 Å². The van der Waals surface area contributed by atoms with Gasteiger partial charge in [0.15, 0.2) is 17.3 Å². The highest BCUT2D eigenvalue weighted by atomic mass is 35.5. The first-order valence-corrected chi connectivity index (χ1v) is 10.8. The maximum Gasteiger partial charge on any atom is 0.315 e. The Bertz CT molecular complexity index is 1250. The first-order chi connectivity index (χ1) is 15.9. The number of aliphatic imine (C=N–C) groups is 1. The number of Topliss-reactive ketones (excluding diaryl/α,β-unsaturated/α-hetero) is 1. The van der Waals surface area contributed by atoms with Crippen LogP contribution in [0.15, 0.2) is 47.0 Å². The molecule has 2 aromatic carbocycles. The Hall–Kier alpha value is -3.56. The molecule has 1 unspecified atom stereocenters. The van der Waals surface area contributed by atoms with Gasteiger partial charge in [-0.15, -0.1) is 6.42 Å². The third-order valence-corrected chi connectivity index (χ3v) is 6.04. The van der Waals surface area contributed by atoms with Crippen LogP contribution in [0.1, 0.15) is 41.3 Å². The van der Waals surface area contributed by atoms with Crippen LogP contribution < -0.4 is 9.47 Å². The molecule has 6 nitrogen and oxygen atoms in total. The van der Waals surface area contributed by atoms with Gasteiger partial charge in [-0.05, 0) is 31.5 Å². The normalized spacial score (nSPS) is 18.8. The molecule has 0 radical (unpaired) electrons. The molecule has 2 atom stereocenters. The van der Waals surface area contributed by atoms with Crippen molar-refractivity contribution in [1.82, 2.24) is 0 Å². The number of hydrogen-bond donors (Lipinski definition) is 0. The maximum absolute atomic E-state index is 13.5. The first-order valence-electron chi connectivity index (χ1n) is 10.5. The second-order valence-corrected chi connectivity index (χ2v) is 8.03. The molecule has 1 aliphatic heterocycles. The molecule has 0 aromatic heterocycles. The van der Waals surface area contributed by atoms with Gasteiger partial charge in [-0.2, -0.15) is 0 Å². The molecule has 0 amide bonds. The topological polar surface area (TPSA) is 74.2 Å². The van der Waals surface area contributed by atoms with Crippen LogP contribution in [0.5, 0.6) is 11.5 Å². The van der Waals surface area contributed by atoms with Gasteiger partial charge in [0.25, 0.3) is 0 Å². The molecule has 7 heteroatoms. The van der Waals surface area contributed by atoms with E-state index in [1.807, 2.05) is 12.1 Å². The van der Waals surface area contributed by atoms with Gasteiger partial charge >= 0.3 is 5.97 Å². The third kappa shape index (κ3) is 3.79. The third-order valence-electron chi connectivity index (χ3n) is 5.76. The van der Waals surface area contributed by atoms with Gasteiger partial charge in [-0.3, -0.25) is 14.6 Å². The molecular formula is C26H22ClNO5. The van der Waals surface area contributed by atoms with E-state index in [1.54, 1.807) is 38.1 Å². The van der Waals surface area contributed by atoms with Crippen LogP contribution in [0.2, 0.25) is 5.02 Å². The monoisotopic (exact) mass is 463 g/mol. The number of esters is 1. The number of benzene rings is 2. The van der Waals surface area contributed by atoms with Gasteiger partial charge in [0.2, 0.25) is 0 Å². The summed E-state index contributed by atoms with van der Waals surface area (Å²) >= 11 is 6.54. The van der Waals surface area contributed by atoms with E-state index in [-0.39, 0.29) is 24.0 Å². The van der Waals surface area contributed by atoms with Crippen LogP contribution in [0.4, 0.5) is 0 Å². The SMILES string of the molecule is C#CCOc1c(Cl)cc([C@H]2C3=C(N=C(C)C2C(=O)OCC)c2ccccc2C3=O)cc1OC. The van der Waals surface area contributed by atoms with E-state index >= 15 is 0 Å². The second kappa shape index (κ2) is 9.13. The average molecular weight is 464 g/mol. The Morgan fingerprint density at radius 3 is 2.64 bits per heavy atom. The number of ketones is 1. The molecule has 2 aliphatic rings. The summed E-state index contributed by atoms with van der Waals surface area (Å²) in [6.45, 7) is 3.73. The number of halogens is 1. The number of ether oxygens (including phenoxy) is 3. The summed E-state index contributed by atoms with van der Waals surface area (Å²) in [4.78, 5) is 31.2. The van der Waals surface area contributed by atoms with E-state index in [9.17, 15) is 9.59 Å². The minimum atomic E-state index is -0.791. The lowest BCUT2D eigenvalue weighted by molar-refractivity contribution is -0.146. The molecule has 1 heterocycles. The fraction of sp³-hybridized carbons (Fsp3) is 0.269. The Morgan fingerprint density at radius 1 is 1.24 bits per heavy atom. The van der Waals surface area contributed by atoms with E-state index in [0.29, 0.717) is 39.6 Å². The fourth-order valence-corrected chi connectivity index (χ4v) is 4.69. The van der Waals surface area contributed by atoms with Gasteiger partial charge in [-0.1, -0.05) is 41.8 Å². The number of nitrogens with zero attached hydrogens (tertiary/aromatic N) is 1. The largest absolute Gasteiger partial charge is 0.493 e. The summed E-state index contributed by atoms with van der Waals surface area (Å²) in [5.41, 5.74) is 3.49. The molecule has 0 saturated heterocycles. The van der Waals surface area contributed by atoms with Crippen molar-refractivity contribution in [2.75, 3.05) is 20.3 Å². The van der Waals surface area contributed by atoms with Crippen molar-refractivity contribution < 1.29 is 23.8 Å². The molecule has 0 spiro atoms. The minimum Gasteiger partial charge on any atom is -0.493 e. The van der Waals surface area contributed by atoms with E-state index in [2.05, 4.69) is 10.9 Å². The predicted octanol–water partition coefficient (Wildman–Crippen LogP) is 4.71. The van der Waals surface area contributed by atoms with Crippen LogP contribution >= 0.6 is 11.6 Å². The summed E-state index contributed by atoms with van der Waals surface area (Å²) < 4.78 is 16.4. The van der Waals surface area contributed by atoms with Crippen molar-refractivity contribution in [2.24, 2.45) is 10.9 Å². The number of rotatable bonds is 6. The molecule has 4 rings (SSSR count). The molecule has 168 valence electrons. The number of hydrogen-bond acceptors (Lipinski definition) is 6. The van der Waals surface area contributed by atoms with Crippen molar-refractivity contribution in [1.29, 1.82) is 0 Å². The van der Waals surface area contributed by atoms with Crippen LogP contribution in [0.3, 0.4) is 0 Å². The Labute approximate surface area is 197 Å². The van der Waals surface area contributed by atoms with Gasteiger partial charge < -0.3 is 14.2 Å². The first kappa shape index (κ1) is 22.6. The maximum atomic E-state index is 13.5. The summed E-state index contributed by atoms with van der Waals surface area (Å²) in [6.07, 6.45) is 5.31. The Balaban J connectivity index is 1.92. The highest BCUT2D eigenvalue weighted by molar-refractivity contribution is 6.32. The fourth-order valence-electron chi connectivity index (χ4n) is 4.42. The number of carbonyl (C=O) groups excluding carboxylic acids is 2. The van der Waals surface area contributed by atoms with Crippen molar-refractivity contribution >= 4 is 34.8 Å². The van der Waals surface area contributed by atoms with E-state index in [0.717, 1.165) is 5.56 Å². The van der Waals surface area contributed by atoms with Crippen LogP contribution in [0.25, 0.3) is 5.70 Å². The van der Waals surface area contributed by atoms with Crippen molar-refractivity contribution in [2.45, 2.75) is 19.8 Å². The zero-order valence-electron chi connectivity index (χ0n) is 18.5. The highest BCUT2D eigenvalue weighted by Crippen LogP contribution is 2.50. The zero-order chi connectivity index (χ0) is 23.7. The molecule has 33 heavy (non-hydrogen) atoms. The number of carbonyl (C=O) groups is 2. The Kier molecular flexibility index (Phi) is 6.26. The second-order valence-electron chi connectivity index (χ2n) is 7.62. The van der Waals surface area contributed by atoms with Gasteiger partial charge in [0.05, 0.1) is 24.4 Å². The smallest absolute Gasteiger partial charge is 0.315 e. The van der Waals surface area contributed by atoms with Gasteiger partial charge in [0.1, 0.15) is 12.5 Å². The number of fused-ring (bicyclic) bond motifs is 2. The summed E-state index contributed by atoms with van der Waals surface area (Å²) in [5, 5.41) is 0.257. The molecule has 1 aliphatic carbocycles. The molecule has 0 N–H and O–H groups in total. The van der Waals surface area contributed by atoms with Crippen LogP contribution in [-0.4, -0.2) is 37.8 Å². The molecular weight excluding hydrogens is 442 g/mol. The predicted molar refractivity (Wildman–Crippen MR) is 126 cm³/mol. The molecule has 0 saturated carbocycles. The standard InChI is InChI=1S/C26H22ClNO5/c1-5-11-33-25-18(27)12-15(13-19(25)31-4)21-20(26(30)32-6-2)14(3)28-23-16-9-7-8-10-17(16)24(29)22(21)23/h1,7-10,12-13,20-21H,6,11H2,2-4H3/t20?,21-/m1/s1. The highest BCUT2D eigenvalue weighted by Gasteiger charge is 2.46. The number of methoxy groups -OCH3 is 1. The van der Waals surface area contributed by atoms with E-state index in [4.69, 9.17) is 32.2 Å². The van der Waals surface area contributed by atoms with Crippen LogP contribution in [-0.2, 0) is 9.53 Å². The molecule has 0 fully saturated rings. The van der Waals surface area contributed by atoms with Gasteiger partial charge in [0, 0.05) is 28.3 Å². The number of allylic oxidation sites excluding steroid dienone is 1. The quantitative estimate of drug-likeness (QED) is 0.458. The Morgan fingerprint density at radius 2 is 1.97 bits per heavy atom.